The van der Waals surface area contributed by atoms with Crippen LogP contribution >= 0.6 is 11.3 Å². The minimum Gasteiger partial charge on any atom is -0.356 e. The van der Waals surface area contributed by atoms with Crippen LogP contribution in [0.2, 0.25) is 0 Å². The van der Waals surface area contributed by atoms with Gasteiger partial charge >= 0.3 is 0 Å². The molecule has 1 atom stereocenters. The number of sulfonamides is 1. The highest BCUT2D eigenvalue weighted by molar-refractivity contribution is 7.92. The Labute approximate surface area is 153 Å². The molecule has 1 aromatic carbocycles. The van der Waals surface area contributed by atoms with Gasteiger partial charge in [-0.2, -0.15) is 11.3 Å². The number of guanidine groups is 1. The molecule has 8 heteroatoms. The summed E-state index contributed by atoms with van der Waals surface area (Å²) in [6.45, 7) is 3.39. The van der Waals surface area contributed by atoms with Crippen LogP contribution in [0.5, 0.6) is 0 Å². The number of nitrogens with zero attached hydrogens (tertiary/aromatic N) is 1. The second-order valence-corrected chi connectivity index (χ2v) is 8.32. The molecule has 0 saturated heterocycles. The maximum absolute atomic E-state index is 11.5. The standard InChI is InChI=1S/C17H24N4O2S2/c1-13(15-8-9-24-12-15)10-19-17(18-2)20-11-14-6-4-5-7-16(14)21-25(3,22)23/h4-9,12-13,21H,10-11H2,1-3H3,(H2,18,19,20). The van der Waals surface area contributed by atoms with Gasteiger partial charge in [-0.05, 0) is 39.9 Å². The third-order valence-corrected chi connectivity index (χ3v) is 4.96. The Hall–Kier alpha value is -2.06. The second-order valence-electron chi connectivity index (χ2n) is 5.80. The smallest absolute Gasteiger partial charge is 0.229 e. The number of aliphatic imine (C=N–C) groups is 1. The van der Waals surface area contributed by atoms with Crippen LogP contribution in [0.4, 0.5) is 5.69 Å². The van der Waals surface area contributed by atoms with E-state index in [0.29, 0.717) is 24.1 Å². The van der Waals surface area contributed by atoms with Gasteiger partial charge in [0.2, 0.25) is 10.0 Å². The molecule has 25 heavy (non-hydrogen) atoms. The SMILES string of the molecule is CN=C(NCc1ccccc1NS(C)(=O)=O)NCC(C)c1ccsc1. The number of nitrogens with one attached hydrogen (secondary N) is 3. The van der Waals surface area contributed by atoms with E-state index in [2.05, 4.69) is 44.1 Å². The van der Waals surface area contributed by atoms with Gasteiger partial charge in [0.1, 0.15) is 0 Å². The van der Waals surface area contributed by atoms with Crippen molar-refractivity contribution in [3.8, 4) is 0 Å². The first-order chi connectivity index (χ1) is 11.9. The molecule has 1 heterocycles. The summed E-state index contributed by atoms with van der Waals surface area (Å²) >= 11 is 1.69. The molecule has 0 saturated carbocycles. The Morgan fingerprint density at radius 2 is 2.00 bits per heavy atom. The van der Waals surface area contributed by atoms with E-state index < -0.39 is 10.0 Å². The Kier molecular flexibility index (Phi) is 6.83. The second kappa shape index (κ2) is 8.87. The molecule has 2 aromatic rings. The van der Waals surface area contributed by atoms with Gasteiger partial charge < -0.3 is 10.6 Å². The lowest BCUT2D eigenvalue weighted by molar-refractivity contribution is 0.606. The number of para-hydroxylation sites is 1. The molecule has 2 rings (SSSR count). The van der Waals surface area contributed by atoms with Crippen LogP contribution in [0, 0.1) is 0 Å². The summed E-state index contributed by atoms with van der Waals surface area (Å²) in [5, 5.41) is 10.7. The van der Waals surface area contributed by atoms with Crippen molar-refractivity contribution in [1.82, 2.24) is 10.6 Å². The first kappa shape index (κ1) is 19.3. The van der Waals surface area contributed by atoms with Gasteiger partial charge in [-0.15, -0.1) is 0 Å². The maximum Gasteiger partial charge on any atom is 0.229 e. The van der Waals surface area contributed by atoms with Crippen LogP contribution in [-0.4, -0.2) is 34.2 Å². The largest absolute Gasteiger partial charge is 0.356 e. The maximum atomic E-state index is 11.5. The Morgan fingerprint density at radius 3 is 2.64 bits per heavy atom. The average molecular weight is 381 g/mol. The van der Waals surface area contributed by atoms with Gasteiger partial charge in [0, 0.05) is 20.1 Å². The number of hydrogen-bond acceptors (Lipinski definition) is 4. The minimum absolute atomic E-state index is 0.379. The predicted octanol–water partition coefficient (Wildman–Crippen LogP) is 2.59. The van der Waals surface area contributed by atoms with E-state index in [1.165, 1.54) is 5.56 Å². The molecule has 136 valence electrons. The van der Waals surface area contributed by atoms with Crippen LogP contribution in [0.25, 0.3) is 0 Å². The number of anilines is 1. The zero-order valence-corrected chi connectivity index (χ0v) is 16.2. The average Bonchev–Trinajstić information content (AvgIpc) is 3.09. The van der Waals surface area contributed by atoms with Crippen molar-refractivity contribution in [1.29, 1.82) is 0 Å². The molecule has 0 radical (unpaired) electrons. The molecule has 0 aliphatic rings. The molecule has 0 spiro atoms. The van der Waals surface area contributed by atoms with Crippen molar-refractivity contribution in [3.63, 3.8) is 0 Å². The van der Waals surface area contributed by atoms with Crippen molar-refractivity contribution in [2.24, 2.45) is 4.99 Å². The monoisotopic (exact) mass is 380 g/mol. The summed E-state index contributed by atoms with van der Waals surface area (Å²) in [4.78, 5) is 4.22. The van der Waals surface area contributed by atoms with E-state index in [9.17, 15) is 8.42 Å². The highest BCUT2D eigenvalue weighted by atomic mass is 32.2. The summed E-state index contributed by atoms with van der Waals surface area (Å²) in [7, 11) is -1.60. The van der Waals surface area contributed by atoms with Crippen molar-refractivity contribution in [2.75, 3.05) is 24.6 Å². The molecular weight excluding hydrogens is 356 g/mol. The molecule has 0 amide bonds. The quantitative estimate of drug-likeness (QED) is 0.509. The first-order valence-electron chi connectivity index (χ1n) is 7.91. The van der Waals surface area contributed by atoms with E-state index in [4.69, 9.17) is 0 Å². The third-order valence-electron chi connectivity index (χ3n) is 3.67. The molecule has 0 aliphatic heterocycles. The molecule has 0 aliphatic carbocycles. The highest BCUT2D eigenvalue weighted by Crippen LogP contribution is 2.17. The fraction of sp³-hybridized carbons (Fsp3) is 0.353. The Morgan fingerprint density at radius 1 is 1.24 bits per heavy atom. The van der Waals surface area contributed by atoms with Crippen LogP contribution in [-0.2, 0) is 16.6 Å². The molecule has 1 aromatic heterocycles. The fourth-order valence-electron chi connectivity index (χ4n) is 2.30. The number of rotatable bonds is 7. The number of benzene rings is 1. The molecule has 0 fully saturated rings. The molecule has 3 N–H and O–H groups in total. The first-order valence-corrected chi connectivity index (χ1v) is 10.7. The summed E-state index contributed by atoms with van der Waals surface area (Å²) in [5.41, 5.74) is 2.72. The van der Waals surface area contributed by atoms with Gasteiger partial charge in [0.05, 0.1) is 11.9 Å². The van der Waals surface area contributed by atoms with Crippen LogP contribution in [0.3, 0.4) is 0 Å². The minimum atomic E-state index is -3.31. The number of hydrogen-bond donors (Lipinski definition) is 3. The van der Waals surface area contributed by atoms with E-state index >= 15 is 0 Å². The summed E-state index contributed by atoms with van der Waals surface area (Å²) < 4.78 is 25.5. The molecule has 0 bridgehead atoms. The van der Waals surface area contributed by atoms with Crippen molar-refractivity contribution in [2.45, 2.75) is 19.4 Å². The lowest BCUT2D eigenvalue weighted by Gasteiger charge is -2.17. The Bertz CT molecular complexity index is 802. The summed E-state index contributed by atoms with van der Waals surface area (Å²) in [5.74, 6) is 1.06. The van der Waals surface area contributed by atoms with E-state index in [0.717, 1.165) is 18.4 Å². The van der Waals surface area contributed by atoms with Gasteiger partial charge in [-0.25, -0.2) is 8.42 Å². The van der Waals surface area contributed by atoms with Crippen molar-refractivity contribution >= 4 is 33.0 Å². The van der Waals surface area contributed by atoms with Crippen LogP contribution in [0.15, 0.2) is 46.1 Å². The number of thiophene rings is 1. The van der Waals surface area contributed by atoms with Gasteiger partial charge in [-0.3, -0.25) is 9.71 Å². The third kappa shape index (κ3) is 6.39. The van der Waals surface area contributed by atoms with Crippen LogP contribution in [0.1, 0.15) is 24.0 Å². The predicted molar refractivity (Wildman–Crippen MR) is 106 cm³/mol. The van der Waals surface area contributed by atoms with E-state index in [1.807, 2.05) is 12.1 Å². The normalized spacial score (nSPS) is 13.3. The fourth-order valence-corrected chi connectivity index (χ4v) is 3.68. The van der Waals surface area contributed by atoms with Gasteiger partial charge in [-0.1, -0.05) is 25.1 Å². The summed E-state index contributed by atoms with van der Waals surface area (Å²) in [6.07, 6.45) is 1.14. The van der Waals surface area contributed by atoms with E-state index in [-0.39, 0.29) is 0 Å². The summed E-state index contributed by atoms with van der Waals surface area (Å²) in [6, 6.07) is 9.42. The van der Waals surface area contributed by atoms with Gasteiger partial charge in [0.15, 0.2) is 5.96 Å². The van der Waals surface area contributed by atoms with Crippen molar-refractivity contribution < 1.29 is 8.42 Å². The van der Waals surface area contributed by atoms with Crippen molar-refractivity contribution in [3.05, 3.63) is 52.2 Å². The molecular formula is C17H24N4O2S2. The van der Waals surface area contributed by atoms with Gasteiger partial charge in [0.25, 0.3) is 0 Å². The topological polar surface area (TPSA) is 82.6 Å². The zero-order valence-electron chi connectivity index (χ0n) is 14.6. The Balaban J connectivity index is 1.93. The molecule has 6 nitrogen and oxygen atoms in total. The highest BCUT2D eigenvalue weighted by Gasteiger charge is 2.09. The lowest BCUT2D eigenvalue weighted by atomic mass is 10.1. The van der Waals surface area contributed by atoms with E-state index in [1.54, 1.807) is 30.5 Å². The molecule has 1 unspecified atom stereocenters. The van der Waals surface area contributed by atoms with Crippen LogP contribution < -0.4 is 15.4 Å². The zero-order chi connectivity index (χ0) is 18.3. The lowest BCUT2D eigenvalue weighted by Crippen LogP contribution is -2.38.